The van der Waals surface area contributed by atoms with Crippen LogP contribution in [-0.2, 0) is 32.4 Å². The molecule has 0 radical (unpaired) electrons. The zero-order chi connectivity index (χ0) is 28.6. The number of methoxy groups -OCH3 is 1. The molecule has 0 bridgehead atoms. The van der Waals surface area contributed by atoms with Crippen molar-refractivity contribution in [2.45, 2.75) is 51.6 Å². The maximum atomic E-state index is 15.3. The standard InChI is InChI=1S/C31H34FNO6S/c1-18-13-20(11-12-33-40(4,35)36)14-19(2)30(18)24-7-9-26(32)31-25(24)8-10-27(31)39-22-5-6-23-21(15-29(34)37-3)17-38-28(23)16-22/h5-7,9,13-14,16,21,27,33H,8,10-12,15,17H2,1-4H3. The molecule has 40 heavy (non-hydrogen) atoms. The van der Waals surface area contributed by atoms with Crippen LogP contribution in [0, 0.1) is 19.7 Å². The molecule has 0 spiro atoms. The number of hydrogen-bond acceptors (Lipinski definition) is 6. The lowest BCUT2D eigenvalue weighted by Crippen LogP contribution is -2.24. The van der Waals surface area contributed by atoms with Crippen LogP contribution < -0.4 is 14.2 Å². The number of ether oxygens (including phenoxy) is 3. The van der Waals surface area contributed by atoms with E-state index in [0.717, 1.165) is 45.2 Å². The summed E-state index contributed by atoms with van der Waals surface area (Å²) in [6.45, 7) is 4.81. The lowest BCUT2D eigenvalue weighted by molar-refractivity contribution is -0.141. The predicted octanol–water partition coefficient (Wildman–Crippen LogP) is 5.31. The number of carbonyl (C=O) groups is 1. The van der Waals surface area contributed by atoms with Gasteiger partial charge in [0.2, 0.25) is 10.0 Å². The summed E-state index contributed by atoms with van der Waals surface area (Å²) in [6, 6.07) is 13.1. The summed E-state index contributed by atoms with van der Waals surface area (Å²) in [5.74, 6) is 0.657. The van der Waals surface area contributed by atoms with Crippen molar-refractivity contribution in [1.82, 2.24) is 4.72 Å². The molecule has 0 aromatic heterocycles. The molecule has 1 aliphatic carbocycles. The fourth-order valence-electron chi connectivity index (χ4n) is 5.98. The normalized spacial score (nSPS) is 17.7. The zero-order valence-corrected chi connectivity index (χ0v) is 24.0. The van der Waals surface area contributed by atoms with E-state index in [9.17, 15) is 13.2 Å². The largest absolute Gasteiger partial charge is 0.492 e. The molecule has 9 heteroatoms. The second-order valence-corrected chi connectivity index (χ2v) is 12.5. The molecule has 2 unspecified atom stereocenters. The molecule has 7 nitrogen and oxygen atoms in total. The Hall–Kier alpha value is -3.43. The number of rotatable bonds is 9. The first-order chi connectivity index (χ1) is 19.0. The molecule has 2 aliphatic rings. The van der Waals surface area contributed by atoms with Gasteiger partial charge in [0, 0.05) is 29.7 Å². The van der Waals surface area contributed by atoms with Gasteiger partial charge in [0.25, 0.3) is 0 Å². The molecule has 1 heterocycles. The Morgan fingerprint density at radius 3 is 2.58 bits per heavy atom. The van der Waals surface area contributed by atoms with E-state index < -0.39 is 16.1 Å². The van der Waals surface area contributed by atoms with Gasteiger partial charge in [-0.05, 0) is 78.6 Å². The molecule has 0 saturated heterocycles. The number of nitrogens with one attached hydrogen (secondary N) is 1. The van der Waals surface area contributed by atoms with Gasteiger partial charge in [0.1, 0.15) is 23.4 Å². The molecule has 0 amide bonds. The van der Waals surface area contributed by atoms with E-state index in [0.29, 0.717) is 49.5 Å². The van der Waals surface area contributed by atoms with Crippen LogP contribution in [0.2, 0.25) is 0 Å². The Balaban J connectivity index is 1.38. The molecule has 3 aromatic carbocycles. The van der Waals surface area contributed by atoms with Crippen molar-refractivity contribution in [2.75, 3.05) is 26.5 Å². The van der Waals surface area contributed by atoms with Crippen LogP contribution in [0.5, 0.6) is 11.5 Å². The third kappa shape index (κ3) is 5.86. The number of benzene rings is 3. The van der Waals surface area contributed by atoms with Gasteiger partial charge in [-0.25, -0.2) is 17.5 Å². The summed E-state index contributed by atoms with van der Waals surface area (Å²) in [5, 5.41) is 0. The van der Waals surface area contributed by atoms with Crippen molar-refractivity contribution < 1.29 is 31.8 Å². The first-order valence-electron chi connectivity index (χ1n) is 13.4. The van der Waals surface area contributed by atoms with E-state index in [-0.39, 0.29) is 24.1 Å². The summed E-state index contributed by atoms with van der Waals surface area (Å²) in [5.41, 5.74) is 7.72. The molecular weight excluding hydrogens is 533 g/mol. The summed E-state index contributed by atoms with van der Waals surface area (Å²) in [6.07, 6.45) is 2.90. The first kappa shape index (κ1) is 28.1. The summed E-state index contributed by atoms with van der Waals surface area (Å²) in [7, 11) is -1.86. The van der Waals surface area contributed by atoms with Gasteiger partial charge in [-0.15, -0.1) is 0 Å². The Morgan fingerprint density at radius 1 is 1.12 bits per heavy atom. The minimum absolute atomic E-state index is 0.0578. The van der Waals surface area contributed by atoms with Gasteiger partial charge in [-0.2, -0.15) is 0 Å². The van der Waals surface area contributed by atoms with Crippen LogP contribution in [-0.4, -0.2) is 40.9 Å². The van der Waals surface area contributed by atoms with Crippen molar-refractivity contribution in [3.63, 3.8) is 0 Å². The molecule has 0 fully saturated rings. The monoisotopic (exact) mass is 567 g/mol. The van der Waals surface area contributed by atoms with E-state index >= 15 is 4.39 Å². The maximum Gasteiger partial charge on any atom is 0.306 e. The average Bonchev–Trinajstić information content (AvgIpc) is 3.49. The van der Waals surface area contributed by atoms with E-state index in [1.165, 1.54) is 13.2 Å². The molecule has 2 atom stereocenters. The number of halogens is 1. The van der Waals surface area contributed by atoms with Crippen LogP contribution in [0.3, 0.4) is 0 Å². The van der Waals surface area contributed by atoms with E-state index in [2.05, 4.69) is 16.9 Å². The first-order valence-corrected chi connectivity index (χ1v) is 15.3. The second-order valence-electron chi connectivity index (χ2n) is 10.6. The topological polar surface area (TPSA) is 90.9 Å². The minimum atomic E-state index is -3.24. The van der Waals surface area contributed by atoms with Gasteiger partial charge < -0.3 is 14.2 Å². The van der Waals surface area contributed by atoms with Crippen LogP contribution in [0.25, 0.3) is 11.1 Å². The quantitative estimate of drug-likeness (QED) is 0.353. The van der Waals surface area contributed by atoms with Crippen molar-refractivity contribution >= 4 is 16.0 Å². The number of aryl methyl sites for hydroxylation is 2. The smallest absolute Gasteiger partial charge is 0.306 e. The van der Waals surface area contributed by atoms with Crippen LogP contribution in [0.15, 0.2) is 42.5 Å². The lowest BCUT2D eigenvalue weighted by Gasteiger charge is -2.19. The van der Waals surface area contributed by atoms with Crippen molar-refractivity contribution in [3.05, 3.63) is 81.7 Å². The highest BCUT2D eigenvalue weighted by molar-refractivity contribution is 7.88. The molecule has 212 valence electrons. The van der Waals surface area contributed by atoms with Crippen LogP contribution >= 0.6 is 0 Å². The van der Waals surface area contributed by atoms with Crippen LogP contribution in [0.4, 0.5) is 4.39 Å². The van der Waals surface area contributed by atoms with E-state index in [1.54, 1.807) is 0 Å². The highest BCUT2D eigenvalue weighted by atomic mass is 32.2. The van der Waals surface area contributed by atoms with E-state index in [4.69, 9.17) is 14.2 Å². The third-order valence-corrected chi connectivity index (χ3v) is 8.43. The number of carbonyl (C=O) groups excluding carboxylic acids is 1. The minimum Gasteiger partial charge on any atom is -0.492 e. The molecule has 1 aliphatic heterocycles. The van der Waals surface area contributed by atoms with Crippen molar-refractivity contribution in [1.29, 1.82) is 0 Å². The zero-order valence-electron chi connectivity index (χ0n) is 23.2. The van der Waals surface area contributed by atoms with Gasteiger partial charge in [-0.3, -0.25) is 4.79 Å². The molecule has 3 aromatic rings. The summed E-state index contributed by atoms with van der Waals surface area (Å²) >= 11 is 0. The maximum absolute atomic E-state index is 15.3. The SMILES string of the molecule is COC(=O)CC1COc2cc(OC3CCc4c(-c5c(C)cc(CCNS(C)(=O)=O)cc5C)ccc(F)c43)ccc21. The third-order valence-electron chi connectivity index (χ3n) is 7.71. The lowest BCUT2D eigenvalue weighted by atomic mass is 9.88. The predicted molar refractivity (Wildman–Crippen MR) is 151 cm³/mol. The fourth-order valence-corrected chi connectivity index (χ4v) is 6.45. The van der Waals surface area contributed by atoms with Gasteiger partial charge in [0.05, 0.1) is 26.4 Å². The average molecular weight is 568 g/mol. The highest BCUT2D eigenvalue weighted by Crippen LogP contribution is 2.45. The molecule has 1 N–H and O–H groups in total. The Morgan fingerprint density at radius 2 is 1.88 bits per heavy atom. The summed E-state index contributed by atoms with van der Waals surface area (Å²) < 4.78 is 57.5. The van der Waals surface area contributed by atoms with Gasteiger partial charge >= 0.3 is 5.97 Å². The number of fused-ring (bicyclic) bond motifs is 2. The summed E-state index contributed by atoms with van der Waals surface area (Å²) in [4.78, 5) is 11.7. The number of hydrogen-bond donors (Lipinski definition) is 1. The van der Waals surface area contributed by atoms with Crippen molar-refractivity contribution in [2.24, 2.45) is 0 Å². The fraction of sp³-hybridized carbons (Fsp3) is 0.387. The Bertz CT molecular complexity index is 1550. The number of esters is 1. The Kier molecular flexibility index (Phi) is 7.88. The molecular formula is C31H34FNO6S. The van der Waals surface area contributed by atoms with Crippen LogP contribution in [0.1, 0.15) is 58.2 Å². The second kappa shape index (κ2) is 11.2. The molecule has 0 saturated carbocycles. The Labute approximate surface area is 234 Å². The molecule has 5 rings (SSSR count). The highest BCUT2D eigenvalue weighted by Gasteiger charge is 2.32. The van der Waals surface area contributed by atoms with E-state index in [1.807, 2.05) is 38.1 Å². The van der Waals surface area contributed by atoms with Gasteiger partial charge in [-0.1, -0.05) is 24.3 Å². The van der Waals surface area contributed by atoms with Gasteiger partial charge in [0.15, 0.2) is 0 Å². The van der Waals surface area contributed by atoms with Crippen molar-refractivity contribution in [3.8, 4) is 22.6 Å². The number of sulfonamides is 1.